The summed E-state index contributed by atoms with van der Waals surface area (Å²) in [5, 5.41) is 2.68. The molecule has 7 heteroatoms. The van der Waals surface area contributed by atoms with Gasteiger partial charge in [0.05, 0.1) is 4.90 Å². The van der Waals surface area contributed by atoms with Gasteiger partial charge in [0.15, 0.2) is 0 Å². The molecule has 130 valence electrons. The van der Waals surface area contributed by atoms with Crippen molar-refractivity contribution in [3.63, 3.8) is 0 Å². The predicted molar refractivity (Wildman–Crippen MR) is 101 cm³/mol. The lowest BCUT2D eigenvalue weighted by atomic mass is 10.1. The number of benzene rings is 1. The maximum atomic E-state index is 12.5. The third-order valence-corrected chi connectivity index (χ3v) is 8.50. The van der Waals surface area contributed by atoms with Gasteiger partial charge in [-0.15, -0.1) is 0 Å². The molecule has 0 aliphatic rings. The first-order valence-corrected chi connectivity index (χ1v) is 10.9. The minimum absolute atomic E-state index is 0.0865. The van der Waals surface area contributed by atoms with Gasteiger partial charge in [0.2, 0.25) is 9.84 Å². The van der Waals surface area contributed by atoms with Gasteiger partial charge in [0, 0.05) is 6.54 Å². The van der Waals surface area contributed by atoms with E-state index in [-0.39, 0.29) is 4.90 Å². The fourth-order valence-corrected chi connectivity index (χ4v) is 4.61. The number of sulfone groups is 1. The zero-order valence-corrected chi connectivity index (χ0v) is 17.2. The first-order chi connectivity index (χ1) is 10.8. The first-order valence-electron chi connectivity index (χ1n) is 7.80. The molecule has 0 spiro atoms. The number of hydrogen-bond acceptors (Lipinski definition) is 3. The van der Waals surface area contributed by atoms with Gasteiger partial charge in [0.1, 0.15) is 0 Å². The Morgan fingerprint density at radius 1 is 1.04 bits per heavy atom. The highest BCUT2D eigenvalue weighted by atomic mass is 79.9. The SMILES string of the molecule is CCCCCCCCNC(=O)C(Br)(Br)S(=O)(=O)c1ccccc1. The average Bonchev–Trinajstić information content (AvgIpc) is 2.54. The van der Waals surface area contributed by atoms with Crippen LogP contribution in [0, 0.1) is 0 Å². The number of carbonyl (C=O) groups excluding carboxylic acids is 1. The fourth-order valence-electron chi connectivity index (χ4n) is 2.08. The van der Waals surface area contributed by atoms with Crippen LogP contribution >= 0.6 is 31.9 Å². The van der Waals surface area contributed by atoms with Crippen LogP contribution in [0.3, 0.4) is 0 Å². The minimum Gasteiger partial charge on any atom is -0.353 e. The number of unbranched alkanes of at least 4 members (excludes halogenated alkanes) is 5. The summed E-state index contributed by atoms with van der Waals surface area (Å²) in [5.74, 6) is -0.602. The van der Waals surface area contributed by atoms with Crippen LogP contribution < -0.4 is 5.32 Å². The van der Waals surface area contributed by atoms with Gasteiger partial charge < -0.3 is 5.32 Å². The van der Waals surface area contributed by atoms with Crippen molar-refractivity contribution in [1.82, 2.24) is 5.32 Å². The van der Waals surface area contributed by atoms with Crippen molar-refractivity contribution in [3.8, 4) is 0 Å². The maximum absolute atomic E-state index is 12.5. The molecular weight excluding hydrogens is 446 g/mol. The molecule has 1 aromatic carbocycles. The van der Waals surface area contributed by atoms with E-state index in [1.165, 1.54) is 31.4 Å². The molecule has 0 aromatic heterocycles. The van der Waals surface area contributed by atoms with Crippen molar-refractivity contribution in [1.29, 1.82) is 0 Å². The van der Waals surface area contributed by atoms with Crippen molar-refractivity contribution in [3.05, 3.63) is 30.3 Å². The predicted octanol–water partition coefficient (Wildman–Crippen LogP) is 4.38. The number of carbonyl (C=O) groups is 1. The molecule has 0 saturated heterocycles. The van der Waals surface area contributed by atoms with Crippen LogP contribution in [0.4, 0.5) is 0 Å². The Morgan fingerprint density at radius 2 is 1.61 bits per heavy atom. The maximum Gasteiger partial charge on any atom is 0.263 e. The smallest absolute Gasteiger partial charge is 0.263 e. The van der Waals surface area contributed by atoms with E-state index < -0.39 is 18.3 Å². The van der Waals surface area contributed by atoms with Gasteiger partial charge >= 0.3 is 0 Å². The van der Waals surface area contributed by atoms with E-state index in [9.17, 15) is 13.2 Å². The van der Waals surface area contributed by atoms with E-state index in [1.807, 2.05) is 0 Å². The largest absolute Gasteiger partial charge is 0.353 e. The Morgan fingerprint density at radius 3 is 2.22 bits per heavy atom. The minimum atomic E-state index is -3.87. The standard InChI is InChI=1S/C16H23Br2NO3S/c1-2-3-4-5-6-10-13-19-15(20)16(17,18)23(21,22)14-11-8-7-9-12-14/h7-9,11-12H,2-6,10,13H2,1H3,(H,19,20). The van der Waals surface area contributed by atoms with E-state index >= 15 is 0 Å². The monoisotopic (exact) mass is 467 g/mol. The van der Waals surface area contributed by atoms with Crippen LogP contribution in [0.2, 0.25) is 0 Å². The Bertz CT molecular complexity index is 589. The second-order valence-electron chi connectivity index (χ2n) is 5.36. The van der Waals surface area contributed by atoms with Crippen LogP contribution in [0.15, 0.2) is 35.2 Å². The molecule has 0 heterocycles. The zero-order chi connectivity index (χ0) is 17.3. The van der Waals surface area contributed by atoms with Crippen molar-refractivity contribution < 1.29 is 13.2 Å². The summed E-state index contributed by atoms with van der Waals surface area (Å²) in [7, 11) is -3.87. The lowest BCUT2D eigenvalue weighted by molar-refractivity contribution is -0.119. The Kier molecular flexibility index (Phi) is 8.79. The summed E-state index contributed by atoms with van der Waals surface area (Å²) in [5.41, 5.74) is 0. The average molecular weight is 469 g/mol. The molecular formula is C16H23Br2NO3S. The van der Waals surface area contributed by atoms with Crippen LogP contribution in [-0.4, -0.2) is 23.4 Å². The van der Waals surface area contributed by atoms with Gasteiger partial charge in [0.25, 0.3) is 8.47 Å². The number of rotatable bonds is 10. The molecule has 1 rings (SSSR count). The molecule has 23 heavy (non-hydrogen) atoms. The van der Waals surface area contributed by atoms with E-state index in [4.69, 9.17) is 0 Å². The molecule has 0 unspecified atom stereocenters. The highest BCUT2D eigenvalue weighted by Gasteiger charge is 2.47. The van der Waals surface area contributed by atoms with Gasteiger partial charge in [-0.05, 0) is 50.4 Å². The molecule has 1 N–H and O–H groups in total. The molecule has 0 saturated carbocycles. The summed E-state index contributed by atoms with van der Waals surface area (Å²) in [4.78, 5) is 12.3. The Hall–Kier alpha value is -0.400. The number of halogens is 2. The first kappa shape index (κ1) is 20.6. The van der Waals surface area contributed by atoms with Crippen molar-refractivity contribution >= 4 is 47.6 Å². The fraction of sp³-hybridized carbons (Fsp3) is 0.562. The number of alkyl halides is 2. The lowest BCUT2D eigenvalue weighted by Crippen LogP contribution is -2.43. The van der Waals surface area contributed by atoms with Crippen LogP contribution in [0.1, 0.15) is 45.4 Å². The summed E-state index contributed by atoms with van der Waals surface area (Å²) in [6.07, 6.45) is 6.64. The number of hydrogen-bond donors (Lipinski definition) is 1. The third-order valence-electron chi connectivity index (χ3n) is 3.47. The molecule has 0 bridgehead atoms. The lowest BCUT2D eigenvalue weighted by Gasteiger charge is -2.20. The van der Waals surface area contributed by atoms with Crippen molar-refractivity contribution in [2.45, 2.75) is 52.9 Å². The van der Waals surface area contributed by atoms with Gasteiger partial charge in [-0.1, -0.05) is 57.2 Å². The second kappa shape index (κ2) is 9.79. The van der Waals surface area contributed by atoms with Crippen LogP contribution in [0.25, 0.3) is 0 Å². The molecule has 0 aliphatic carbocycles. The highest BCUT2D eigenvalue weighted by Crippen LogP contribution is 2.37. The van der Waals surface area contributed by atoms with Gasteiger partial charge in [-0.25, -0.2) is 8.42 Å². The zero-order valence-electron chi connectivity index (χ0n) is 13.2. The molecule has 1 amide bonds. The Labute approximate surface area is 155 Å². The molecule has 1 aromatic rings. The van der Waals surface area contributed by atoms with Crippen LogP contribution in [0.5, 0.6) is 0 Å². The molecule has 0 radical (unpaired) electrons. The van der Waals surface area contributed by atoms with Crippen molar-refractivity contribution in [2.24, 2.45) is 0 Å². The quantitative estimate of drug-likeness (QED) is 0.409. The Balaban J connectivity index is 2.54. The third kappa shape index (κ3) is 5.87. The summed E-state index contributed by atoms with van der Waals surface area (Å²) >= 11 is 6.05. The number of amides is 1. The van der Waals surface area contributed by atoms with Gasteiger partial charge in [-0.2, -0.15) is 0 Å². The van der Waals surface area contributed by atoms with E-state index in [0.29, 0.717) is 6.54 Å². The second-order valence-corrected chi connectivity index (χ2v) is 11.9. The summed E-state index contributed by atoms with van der Waals surface area (Å²) < 4.78 is 23.2. The molecule has 0 aliphatic heterocycles. The van der Waals surface area contributed by atoms with Crippen molar-refractivity contribution in [2.75, 3.05) is 6.54 Å². The topological polar surface area (TPSA) is 63.2 Å². The van der Waals surface area contributed by atoms with E-state index in [2.05, 4.69) is 44.1 Å². The highest BCUT2D eigenvalue weighted by molar-refractivity contribution is 9.28. The summed E-state index contributed by atoms with van der Waals surface area (Å²) in [6.45, 7) is 2.63. The van der Waals surface area contributed by atoms with E-state index in [1.54, 1.807) is 18.2 Å². The molecule has 0 atom stereocenters. The molecule has 4 nitrogen and oxygen atoms in total. The van der Waals surface area contributed by atoms with Crippen LogP contribution in [-0.2, 0) is 14.6 Å². The molecule has 0 fully saturated rings. The number of nitrogens with one attached hydrogen (secondary N) is 1. The van der Waals surface area contributed by atoms with E-state index in [0.717, 1.165) is 19.3 Å². The normalized spacial score (nSPS) is 12.1. The van der Waals surface area contributed by atoms with Gasteiger partial charge in [-0.3, -0.25) is 4.79 Å². The summed E-state index contributed by atoms with van der Waals surface area (Å²) in [6, 6.07) is 7.90.